The second-order valence-corrected chi connectivity index (χ2v) is 7.27. The molecule has 1 aliphatic carbocycles. The van der Waals surface area contributed by atoms with E-state index in [-0.39, 0.29) is 11.3 Å². The fraction of sp³-hybridized carbons (Fsp3) is 0.706. The molecule has 0 spiro atoms. The first-order valence-corrected chi connectivity index (χ1v) is 7.93. The summed E-state index contributed by atoms with van der Waals surface area (Å²) in [7, 11) is 0. The van der Waals surface area contributed by atoms with E-state index in [0.29, 0.717) is 12.0 Å². The van der Waals surface area contributed by atoms with Crippen molar-refractivity contribution in [1.82, 2.24) is 15.3 Å². The van der Waals surface area contributed by atoms with Crippen LogP contribution in [-0.4, -0.2) is 21.9 Å². The SMILES string of the molecule is CC(=O)NC1CCC(Cc2cc(C(C)(C)C)ncn2)CC1. The predicted molar refractivity (Wildman–Crippen MR) is 84.0 cm³/mol. The van der Waals surface area contributed by atoms with Gasteiger partial charge in [-0.05, 0) is 44.1 Å². The summed E-state index contributed by atoms with van der Waals surface area (Å²) in [6.07, 6.45) is 7.22. The van der Waals surface area contributed by atoms with E-state index >= 15 is 0 Å². The third kappa shape index (κ3) is 4.80. The maximum atomic E-state index is 11.1. The Hall–Kier alpha value is -1.45. The third-order valence-corrected chi connectivity index (χ3v) is 4.24. The minimum absolute atomic E-state index is 0.0702. The van der Waals surface area contributed by atoms with E-state index in [1.807, 2.05) is 0 Å². The van der Waals surface area contributed by atoms with Gasteiger partial charge < -0.3 is 5.32 Å². The first-order chi connectivity index (χ1) is 9.84. The summed E-state index contributed by atoms with van der Waals surface area (Å²) in [5.41, 5.74) is 2.33. The van der Waals surface area contributed by atoms with Crippen LogP contribution < -0.4 is 5.32 Å². The molecule has 1 heterocycles. The number of nitrogens with one attached hydrogen (secondary N) is 1. The van der Waals surface area contributed by atoms with E-state index in [1.54, 1.807) is 13.3 Å². The molecule has 1 aliphatic rings. The maximum Gasteiger partial charge on any atom is 0.217 e. The highest BCUT2D eigenvalue weighted by molar-refractivity contribution is 5.73. The van der Waals surface area contributed by atoms with Crippen LogP contribution in [0.1, 0.15) is 64.8 Å². The Kier molecular flexibility index (Phi) is 4.96. The van der Waals surface area contributed by atoms with Crippen molar-refractivity contribution in [3.05, 3.63) is 23.8 Å². The molecule has 0 aliphatic heterocycles. The van der Waals surface area contributed by atoms with Gasteiger partial charge in [0.1, 0.15) is 6.33 Å². The lowest BCUT2D eigenvalue weighted by Gasteiger charge is -2.28. The number of carbonyl (C=O) groups excluding carboxylic acids is 1. The second kappa shape index (κ2) is 6.54. The van der Waals surface area contributed by atoms with Crippen molar-refractivity contribution >= 4 is 5.91 Å². The third-order valence-electron chi connectivity index (χ3n) is 4.24. The number of nitrogens with zero attached hydrogens (tertiary/aromatic N) is 2. The van der Waals surface area contributed by atoms with Crippen LogP contribution in [0.5, 0.6) is 0 Å². The van der Waals surface area contributed by atoms with Crippen LogP contribution in [-0.2, 0) is 16.6 Å². The molecule has 4 heteroatoms. The fourth-order valence-corrected chi connectivity index (χ4v) is 3.01. The maximum absolute atomic E-state index is 11.1. The van der Waals surface area contributed by atoms with Gasteiger partial charge in [-0.1, -0.05) is 20.8 Å². The van der Waals surface area contributed by atoms with Crippen LogP contribution in [0.15, 0.2) is 12.4 Å². The monoisotopic (exact) mass is 289 g/mol. The molecule has 1 saturated carbocycles. The molecule has 1 amide bonds. The molecule has 21 heavy (non-hydrogen) atoms. The van der Waals surface area contributed by atoms with Gasteiger partial charge in [0.2, 0.25) is 5.91 Å². The standard InChI is InChI=1S/C17H27N3O/c1-12(21)20-14-7-5-13(6-8-14)9-15-10-16(17(2,3)4)19-11-18-15/h10-11,13-14H,5-9H2,1-4H3,(H,20,21). The van der Waals surface area contributed by atoms with Gasteiger partial charge in [0.05, 0.1) is 0 Å². The Balaban J connectivity index is 1.90. The number of hydrogen-bond donors (Lipinski definition) is 1. The molecule has 0 radical (unpaired) electrons. The zero-order valence-corrected chi connectivity index (χ0v) is 13.6. The molecule has 2 rings (SSSR count). The molecule has 1 aromatic heterocycles. The van der Waals surface area contributed by atoms with E-state index in [2.05, 4.69) is 42.1 Å². The highest BCUT2D eigenvalue weighted by Crippen LogP contribution is 2.28. The molecule has 1 N–H and O–H groups in total. The highest BCUT2D eigenvalue weighted by atomic mass is 16.1. The minimum atomic E-state index is 0.0702. The van der Waals surface area contributed by atoms with Gasteiger partial charge in [0, 0.05) is 29.8 Å². The fourth-order valence-electron chi connectivity index (χ4n) is 3.01. The van der Waals surface area contributed by atoms with Crippen LogP contribution in [0.2, 0.25) is 0 Å². The molecule has 0 saturated heterocycles. The summed E-state index contributed by atoms with van der Waals surface area (Å²) in [5.74, 6) is 0.766. The van der Waals surface area contributed by atoms with E-state index in [0.717, 1.165) is 30.7 Å². The Morgan fingerprint density at radius 1 is 1.24 bits per heavy atom. The molecule has 0 aromatic carbocycles. The lowest BCUT2D eigenvalue weighted by Crippen LogP contribution is -2.36. The lowest BCUT2D eigenvalue weighted by molar-refractivity contribution is -0.119. The van der Waals surface area contributed by atoms with Gasteiger partial charge in [-0.2, -0.15) is 0 Å². The molecule has 1 fully saturated rings. The molecule has 0 atom stereocenters. The number of rotatable bonds is 3. The Labute approximate surface area is 127 Å². The number of aromatic nitrogens is 2. The van der Waals surface area contributed by atoms with Crippen LogP contribution in [0, 0.1) is 5.92 Å². The average Bonchev–Trinajstić information content (AvgIpc) is 2.40. The van der Waals surface area contributed by atoms with Crippen molar-refractivity contribution in [3.8, 4) is 0 Å². The van der Waals surface area contributed by atoms with Gasteiger partial charge in [-0.15, -0.1) is 0 Å². The minimum Gasteiger partial charge on any atom is -0.354 e. The summed E-state index contributed by atoms with van der Waals surface area (Å²) in [6, 6.07) is 2.52. The molecular formula is C17H27N3O. The van der Waals surface area contributed by atoms with Gasteiger partial charge in [0.25, 0.3) is 0 Å². The topological polar surface area (TPSA) is 54.9 Å². The molecule has 0 unspecified atom stereocenters. The number of amides is 1. The van der Waals surface area contributed by atoms with Crippen LogP contribution in [0.25, 0.3) is 0 Å². The first kappa shape index (κ1) is 15.9. The summed E-state index contributed by atoms with van der Waals surface area (Å²) in [4.78, 5) is 19.9. The smallest absolute Gasteiger partial charge is 0.217 e. The van der Waals surface area contributed by atoms with E-state index in [1.165, 1.54) is 12.8 Å². The van der Waals surface area contributed by atoms with Crippen LogP contribution >= 0.6 is 0 Å². The zero-order chi connectivity index (χ0) is 15.5. The van der Waals surface area contributed by atoms with Gasteiger partial charge in [0.15, 0.2) is 0 Å². The van der Waals surface area contributed by atoms with Crippen molar-refractivity contribution in [2.24, 2.45) is 5.92 Å². The lowest BCUT2D eigenvalue weighted by atomic mass is 9.83. The largest absolute Gasteiger partial charge is 0.354 e. The van der Waals surface area contributed by atoms with Gasteiger partial charge in [-0.25, -0.2) is 9.97 Å². The van der Waals surface area contributed by atoms with Crippen molar-refractivity contribution in [1.29, 1.82) is 0 Å². The van der Waals surface area contributed by atoms with Crippen molar-refractivity contribution < 1.29 is 4.79 Å². The zero-order valence-electron chi connectivity index (χ0n) is 13.6. The van der Waals surface area contributed by atoms with E-state index in [9.17, 15) is 4.79 Å². The van der Waals surface area contributed by atoms with Crippen molar-refractivity contribution in [3.63, 3.8) is 0 Å². The molecule has 4 nitrogen and oxygen atoms in total. The van der Waals surface area contributed by atoms with Crippen molar-refractivity contribution in [2.75, 3.05) is 0 Å². The highest BCUT2D eigenvalue weighted by Gasteiger charge is 2.23. The summed E-state index contributed by atoms with van der Waals surface area (Å²) >= 11 is 0. The quantitative estimate of drug-likeness (QED) is 0.930. The molecule has 116 valence electrons. The first-order valence-electron chi connectivity index (χ1n) is 7.93. The summed E-state index contributed by atoms with van der Waals surface area (Å²) in [6.45, 7) is 8.13. The van der Waals surface area contributed by atoms with Crippen LogP contribution in [0.4, 0.5) is 0 Å². The second-order valence-electron chi connectivity index (χ2n) is 7.27. The van der Waals surface area contributed by atoms with Gasteiger partial charge >= 0.3 is 0 Å². The predicted octanol–water partition coefficient (Wildman–Crippen LogP) is 3.01. The Morgan fingerprint density at radius 2 is 1.90 bits per heavy atom. The molecule has 0 bridgehead atoms. The number of hydrogen-bond acceptors (Lipinski definition) is 3. The Bertz CT molecular complexity index is 485. The summed E-state index contributed by atoms with van der Waals surface area (Å²) in [5, 5.41) is 3.03. The van der Waals surface area contributed by atoms with Crippen molar-refractivity contribution in [2.45, 2.75) is 71.3 Å². The van der Waals surface area contributed by atoms with E-state index < -0.39 is 0 Å². The van der Waals surface area contributed by atoms with Crippen LogP contribution in [0.3, 0.4) is 0 Å². The molecular weight excluding hydrogens is 262 g/mol. The number of carbonyl (C=O) groups is 1. The normalized spacial score (nSPS) is 22.9. The van der Waals surface area contributed by atoms with E-state index in [4.69, 9.17) is 0 Å². The molecule has 1 aromatic rings. The average molecular weight is 289 g/mol. The van der Waals surface area contributed by atoms with Gasteiger partial charge in [-0.3, -0.25) is 4.79 Å². The Morgan fingerprint density at radius 3 is 2.48 bits per heavy atom. The summed E-state index contributed by atoms with van der Waals surface area (Å²) < 4.78 is 0.